The lowest BCUT2D eigenvalue weighted by Crippen LogP contribution is -2.70. The van der Waals surface area contributed by atoms with Crippen LogP contribution in [0.3, 0.4) is 0 Å². The van der Waals surface area contributed by atoms with Gasteiger partial charge in [0.2, 0.25) is 5.79 Å². The third-order valence-electron chi connectivity index (χ3n) is 12.6. The molecule has 4 aromatic rings. The average molecular weight is 885 g/mol. The molecule has 1 fully saturated rings. The second-order valence-corrected chi connectivity index (χ2v) is 18.3. The van der Waals surface area contributed by atoms with E-state index in [1.165, 1.54) is 12.1 Å². The molecule has 0 spiro atoms. The van der Waals surface area contributed by atoms with E-state index in [9.17, 15) is 19.9 Å². The van der Waals surface area contributed by atoms with Crippen LogP contribution in [0.15, 0.2) is 114 Å². The lowest BCUT2D eigenvalue weighted by Gasteiger charge is -2.60. The lowest BCUT2D eigenvalue weighted by atomic mass is 9.55. The molecule has 7 rings (SSSR count). The maximum Gasteiger partial charge on any atom is 0.254 e. The molecule has 6 unspecified atom stereocenters. The Morgan fingerprint density at radius 1 is 1.03 bits per heavy atom. The van der Waals surface area contributed by atoms with Gasteiger partial charge in [0.1, 0.15) is 35.6 Å². The first kappa shape index (κ1) is 47.1. The minimum absolute atomic E-state index is 0.000323. The van der Waals surface area contributed by atoms with Gasteiger partial charge < -0.3 is 34.2 Å². The van der Waals surface area contributed by atoms with Gasteiger partial charge in [-0.15, -0.1) is 6.58 Å². The monoisotopic (exact) mass is 884 g/mol. The van der Waals surface area contributed by atoms with Crippen LogP contribution in [0.25, 0.3) is 0 Å². The first-order chi connectivity index (χ1) is 31.4. The van der Waals surface area contributed by atoms with Gasteiger partial charge in [0, 0.05) is 48.9 Å². The number of allylic oxidation sites excluding steroid dienone is 1. The van der Waals surface area contributed by atoms with Crippen molar-refractivity contribution in [2.45, 2.75) is 109 Å². The highest BCUT2D eigenvalue weighted by Crippen LogP contribution is 2.62. The van der Waals surface area contributed by atoms with Crippen molar-refractivity contribution in [3.63, 3.8) is 0 Å². The molecule has 1 saturated carbocycles. The van der Waals surface area contributed by atoms with Crippen LogP contribution in [0.4, 0.5) is 4.39 Å². The predicted octanol–water partition coefficient (Wildman–Crippen LogP) is 9.75. The van der Waals surface area contributed by atoms with Crippen molar-refractivity contribution in [1.29, 1.82) is 5.26 Å². The van der Waals surface area contributed by atoms with Gasteiger partial charge in [0.25, 0.3) is 5.91 Å². The molecule has 11 nitrogen and oxygen atoms in total. The molecule has 0 saturated heterocycles. The molecule has 6 atom stereocenters. The molecule has 1 aliphatic heterocycles. The highest BCUT2D eigenvalue weighted by atomic mass is 19.1. The number of unbranched alkanes of at least 4 members (excludes halogenated alkanes) is 2. The zero-order valence-electron chi connectivity index (χ0n) is 37.9. The van der Waals surface area contributed by atoms with E-state index in [1.54, 1.807) is 47.4 Å². The van der Waals surface area contributed by atoms with Crippen LogP contribution in [0.2, 0.25) is 0 Å². The fourth-order valence-electron chi connectivity index (χ4n) is 9.73. The summed E-state index contributed by atoms with van der Waals surface area (Å²) in [5.74, 6) is -1.84. The van der Waals surface area contributed by atoms with Crippen molar-refractivity contribution in [2.75, 3.05) is 19.8 Å². The maximum absolute atomic E-state index is 15.3. The van der Waals surface area contributed by atoms with E-state index in [0.717, 1.165) is 48.2 Å². The standard InChI is InChI=1S/C53H61FN4O7/c1-6-28-63-53-48(58(33-37-18-22-40(54)23-19-37)51(61)38-20-16-36(32-55)17-21-38)31-46(57-65-52(3,4)5)44-29-39(13-7-9-26-59)43(15-8-10-27-60)49(50(44)53)45-30-42(24-25-47(45)64-53)62-34-41-14-11-12-35(2)56-41/h6,11-12,14,16-25,29-30,39,43,48-50,59-60H,1,7-10,13,15,26-28,31,33-34H2,2-5H3. The maximum atomic E-state index is 15.3. The number of rotatable bonds is 19. The third kappa shape index (κ3) is 10.8. The summed E-state index contributed by atoms with van der Waals surface area (Å²) in [6.45, 7) is 12.4. The summed E-state index contributed by atoms with van der Waals surface area (Å²) in [5, 5.41) is 34.6. The molecular weight excluding hydrogens is 824 g/mol. The highest BCUT2D eigenvalue weighted by molar-refractivity contribution is 6.03. The van der Waals surface area contributed by atoms with Crippen LogP contribution < -0.4 is 9.47 Å². The molecule has 0 bridgehead atoms. The topological polar surface area (TPSA) is 147 Å². The summed E-state index contributed by atoms with van der Waals surface area (Å²) < 4.78 is 35.5. The van der Waals surface area contributed by atoms with Gasteiger partial charge in [-0.3, -0.25) is 9.78 Å². The number of carbonyl (C=O) groups excluding carboxylic acids is 1. The Morgan fingerprint density at radius 3 is 2.45 bits per heavy atom. The lowest BCUT2D eigenvalue weighted by molar-refractivity contribution is -0.255. The average Bonchev–Trinajstić information content (AvgIpc) is 3.30. The van der Waals surface area contributed by atoms with Crippen molar-refractivity contribution < 1.29 is 38.4 Å². The van der Waals surface area contributed by atoms with Crippen LogP contribution in [0.1, 0.15) is 110 Å². The number of benzene rings is 3. The van der Waals surface area contributed by atoms with Crippen LogP contribution >= 0.6 is 0 Å². The Bertz CT molecular complexity index is 2390. The van der Waals surface area contributed by atoms with Crippen LogP contribution in [-0.4, -0.2) is 69.0 Å². The Kier molecular flexibility index (Phi) is 15.2. The minimum Gasteiger partial charge on any atom is -0.487 e. The zero-order chi connectivity index (χ0) is 46.1. The van der Waals surface area contributed by atoms with E-state index in [4.69, 9.17) is 24.2 Å². The molecule has 12 heteroatoms. The normalized spacial score (nSPS) is 22.7. The van der Waals surface area contributed by atoms with Crippen molar-refractivity contribution in [2.24, 2.45) is 22.9 Å². The number of halogens is 1. The number of aryl methyl sites for hydroxylation is 1. The van der Waals surface area contributed by atoms with Gasteiger partial charge in [-0.25, -0.2) is 4.39 Å². The third-order valence-corrected chi connectivity index (χ3v) is 12.6. The second kappa shape index (κ2) is 21.0. The number of aliphatic hydroxyl groups is 2. The summed E-state index contributed by atoms with van der Waals surface area (Å²) in [5.41, 5.74) is 4.97. The molecule has 3 aliphatic rings. The van der Waals surface area contributed by atoms with E-state index < -0.39 is 29.2 Å². The number of oxime groups is 1. The summed E-state index contributed by atoms with van der Waals surface area (Å²) in [6, 6.07) is 25.6. The zero-order valence-corrected chi connectivity index (χ0v) is 37.9. The summed E-state index contributed by atoms with van der Waals surface area (Å²) in [6.07, 6.45) is 8.56. The van der Waals surface area contributed by atoms with E-state index in [-0.39, 0.29) is 63.1 Å². The van der Waals surface area contributed by atoms with Gasteiger partial charge in [0.05, 0.1) is 35.6 Å². The molecular formula is C53H61FN4O7. The van der Waals surface area contributed by atoms with Crippen molar-refractivity contribution >= 4 is 11.6 Å². The van der Waals surface area contributed by atoms with Crippen LogP contribution in [0, 0.1) is 41.8 Å². The Morgan fingerprint density at radius 2 is 1.77 bits per heavy atom. The molecule has 2 N–H and O–H groups in total. The van der Waals surface area contributed by atoms with Gasteiger partial charge in [0.15, 0.2) is 0 Å². The number of carbonyl (C=O) groups is 1. The van der Waals surface area contributed by atoms with Gasteiger partial charge in [-0.05, 0) is 143 Å². The summed E-state index contributed by atoms with van der Waals surface area (Å²) >= 11 is 0. The number of fused-ring (bicyclic) bond motifs is 2. The number of aliphatic hydroxyl groups excluding tert-OH is 2. The quantitative estimate of drug-likeness (QED) is 0.0534. The largest absolute Gasteiger partial charge is 0.487 e. The first-order valence-electron chi connectivity index (χ1n) is 22.8. The van der Waals surface area contributed by atoms with Crippen LogP contribution in [0.5, 0.6) is 11.5 Å². The molecule has 342 valence electrons. The fraction of sp³-hybridized carbons (Fsp3) is 0.434. The number of amides is 1. The number of pyridine rings is 1. The van der Waals surface area contributed by atoms with E-state index in [0.29, 0.717) is 46.7 Å². The van der Waals surface area contributed by atoms with Gasteiger partial charge in [-0.2, -0.15) is 5.26 Å². The Balaban J connectivity index is 1.47. The number of nitriles is 1. The van der Waals surface area contributed by atoms with Crippen molar-refractivity contribution in [3.8, 4) is 17.6 Å². The number of hydrogen-bond acceptors (Lipinski definition) is 10. The first-order valence-corrected chi connectivity index (χ1v) is 22.8. The van der Waals surface area contributed by atoms with Crippen molar-refractivity contribution in [1.82, 2.24) is 9.88 Å². The SMILES string of the molecule is C=CCOC12Oc3ccc(OCc4cccc(C)n4)cc3C3C(CCCCO)C(CCCCO)C=C(C(=NOC(C)(C)C)CC1N(Cc1ccc(F)cc1)C(=O)c1ccc(C#N)cc1)C32. The second-order valence-electron chi connectivity index (χ2n) is 18.3. The number of aromatic nitrogens is 1. The van der Waals surface area contributed by atoms with E-state index in [1.807, 2.05) is 58.0 Å². The highest BCUT2D eigenvalue weighted by Gasteiger charge is 2.65. The van der Waals surface area contributed by atoms with E-state index >= 15 is 4.79 Å². The van der Waals surface area contributed by atoms with Crippen molar-refractivity contribution in [3.05, 3.63) is 149 Å². The smallest absolute Gasteiger partial charge is 0.254 e. The Hall–Kier alpha value is -5.87. The number of nitrogens with zero attached hydrogens (tertiary/aromatic N) is 4. The molecule has 0 radical (unpaired) electrons. The predicted molar refractivity (Wildman–Crippen MR) is 247 cm³/mol. The van der Waals surface area contributed by atoms with Gasteiger partial charge >= 0.3 is 0 Å². The molecule has 3 aromatic carbocycles. The molecule has 65 heavy (non-hydrogen) atoms. The number of hydrogen-bond donors (Lipinski definition) is 2. The molecule has 2 heterocycles. The minimum atomic E-state index is -1.53. The van der Waals surface area contributed by atoms with E-state index in [2.05, 4.69) is 29.8 Å². The molecule has 1 amide bonds. The van der Waals surface area contributed by atoms with Crippen LogP contribution in [-0.2, 0) is 22.7 Å². The number of ether oxygens (including phenoxy) is 3. The fourth-order valence-corrected chi connectivity index (χ4v) is 9.73. The Labute approximate surface area is 382 Å². The summed E-state index contributed by atoms with van der Waals surface area (Å²) in [7, 11) is 0. The molecule has 1 aromatic heterocycles. The van der Waals surface area contributed by atoms with Gasteiger partial charge in [-0.1, -0.05) is 48.3 Å². The molecule has 2 aliphatic carbocycles. The summed E-state index contributed by atoms with van der Waals surface area (Å²) in [4.78, 5) is 28.0.